The lowest BCUT2D eigenvalue weighted by molar-refractivity contribution is 0.590. The Morgan fingerprint density at radius 3 is 1.85 bits per heavy atom. The predicted molar refractivity (Wildman–Crippen MR) is 149 cm³/mol. The molecule has 0 saturated carbocycles. The van der Waals surface area contributed by atoms with E-state index >= 15 is 0 Å². The van der Waals surface area contributed by atoms with E-state index in [1.54, 1.807) is 0 Å². The predicted octanol–water partition coefficient (Wildman–Crippen LogP) is 9.58. The topological polar surface area (TPSA) is 16.1 Å². The molecule has 0 fully saturated rings. The summed E-state index contributed by atoms with van der Waals surface area (Å²) in [5.74, 6) is 0.874. The Balaban J connectivity index is 1.97. The van der Waals surface area contributed by atoms with Crippen LogP contribution >= 0.6 is 15.9 Å². The molecule has 174 valence electrons. The maximum Gasteiger partial charge on any atom is 0.138 e. The van der Waals surface area contributed by atoms with Gasteiger partial charge in [-0.3, -0.25) is 4.90 Å². The van der Waals surface area contributed by atoms with Crippen molar-refractivity contribution in [3.8, 4) is 11.1 Å². The van der Waals surface area contributed by atoms with Crippen molar-refractivity contribution in [3.63, 3.8) is 0 Å². The summed E-state index contributed by atoms with van der Waals surface area (Å²) in [5, 5.41) is 0. The van der Waals surface area contributed by atoms with Crippen molar-refractivity contribution in [3.05, 3.63) is 107 Å². The lowest BCUT2D eigenvalue weighted by Gasteiger charge is -2.29. The summed E-state index contributed by atoms with van der Waals surface area (Å²) in [4.78, 5) is 7.10. The highest BCUT2D eigenvalue weighted by atomic mass is 79.9. The highest BCUT2D eigenvalue weighted by Gasteiger charge is 2.22. The van der Waals surface area contributed by atoms with Crippen LogP contribution in [-0.4, -0.2) is 4.98 Å². The van der Waals surface area contributed by atoms with Crippen molar-refractivity contribution in [2.75, 3.05) is 4.90 Å². The van der Waals surface area contributed by atoms with Gasteiger partial charge in [-0.25, -0.2) is 4.98 Å². The third-order valence-corrected chi connectivity index (χ3v) is 6.55. The maximum absolute atomic E-state index is 4.85. The molecule has 0 aliphatic rings. The molecule has 0 spiro atoms. The van der Waals surface area contributed by atoms with Crippen molar-refractivity contribution in [1.29, 1.82) is 0 Å². The molecule has 0 amide bonds. The maximum atomic E-state index is 4.85. The lowest BCUT2D eigenvalue weighted by Crippen LogP contribution is -2.16. The first-order valence-corrected chi connectivity index (χ1v) is 12.6. The van der Waals surface area contributed by atoms with Crippen LogP contribution in [0.3, 0.4) is 0 Å². The average Bonchev–Trinajstić information content (AvgIpc) is 2.79. The molecule has 34 heavy (non-hydrogen) atoms. The lowest BCUT2D eigenvalue weighted by atomic mass is 9.84. The Morgan fingerprint density at radius 2 is 1.26 bits per heavy atom. The van der Waals surface area contributed by atoms with Gasteiger partial charge in [0.2, 0.25) is 0 Å². The first-order valence-electron chi connectivity index (χ1n) is 11.8. The Hall–Kier alpha value is -2.91. The zero-order valence-corrected chi connectivity index (χ0v) is 22.5. The van der Waals surface area contributed by atoms with Gasteiger partial charge in [0.25, 0.3) is 0 Å². The van der Waals surface area contributed by atoms with Crippen LogP contribution in [-0.2, 0) is 10.8 Å². The molecule has 0 unspecified atom stereocenters. The molecule has 2 nitrogen and oxygen atoms in total. The van der Waals surface area contributed by atoms with Gasteiger partial charge in [-0.1, -0.05) is 96.1 Å². The first-order chi connectivity index (χ1) is 16.0. The van der Waals surface area contributed by atoms with Gasteiger partial charge in [-0.05, 0) is 79.8 Å². The standard InChI is InChI=1S/C31H33BrN2/c1-30(2,3)23-15-18-25(19-16-23)34(29-14-10-13-28(32)33-29)27-20-17-24(31(4,5)6)21-26(27)22-11-8-7-9-12-22/h7-21H,1-6H3. The van der Waals surface area contributed by atoms with Gasteiger partial charge < -0.3 is 0 Å². The number of aromatic nitrogens is 1. The minimum absolute atomic E-state index is 0.0509. The van der Waals surface area contributed by atoms with Crippen LogP contribution in [0.4, 0.5) is 17.2 Å². The summed E-state index contributed by atoms with van der Waals surface area (Å²) in [7, 11) is 0. The van der Waals surface area contributed by atoms with Crippen molar-refractivity contribution in [2.45, 2.75) is 52.4 Å². The molecule has 0 N–H and O–H groups in total. The van der Waals surface area contributed by atoms with Crippen molar-refractivity contribution < 1.29 is 0 Å². The molecule has 0 atom stereocenters. The Morgan fingerprint density at radius 1 is 0.647 bits per heavy atom. The van der Waals surface area contributed by atoms with Crippen LogP contribution in [0.1, 0.15) is 52.7 Å². The quantitative estimate of drug-likeness (QED) is 0.253. The molecule has 4 rings (SSSR count). The summed E-state index contributed by atoms with van der Waals surface area (Å²) in [6.45, 7) is 13.5. The smallest absolute Gasteiger partial charge is 0.138 e. The highest BCUT2D eigenvalue weighted by molar-refractivity contribution is 9.10. The van der Waals surface area contributed by atoms with E-state index in [2.05, 4.69) is 141 Å². The molecule has 4 aromatic rings. The molecule has 3 heteroatoms. The fourth-order valence-electron chi connectivity index (χ4n) is 4.07. The number of anilines is 3. The van der Waals surface area contributed by atoms with Crippen molar-refractivity contribution >= 4 is 33.1 Å². The Bertz CT molecular complexity index is 1260. The number of rotatable bonds is 4. The van der Waals surface area contributed by atoms with E-state index in [9.17, 15) is 0 Å². The second-order valence-electron chi connectivity index (χ2n) is 10.8. The third kappa shape index (κ3) is 5.26. The fraction of sp³-hybridized carbons (Fsp3) is 0.258. The number of hydrogen-bond donors (Lipinski definition) is 0. The van der Waals surface area contributed by atoms with Gasteiger partial charge in [-0.2, -0.15) is 0 Å². The van der Waals surface area contributed by atoms with Crippen molar-refractivity contribution in [2.24, 2.45) is 0 Å². The first kappa shape index (κ1) is 24.2. The number of benzene rings is 3. The van der Waals surface area contributed by atoms with E-state index in [1.807, 2.05) is 12.1 Å². The fourth-order valence-corrected chi connectivity index (χ4v) is 4.41. The van der Waals surface area contributed by atoms with E-state index < -0.39 is 0 Å². The average molecular weight is 514 g/mol. The van der Waals surface area contributed by atoms with Gasteiger partial charge in [-0.15, -0.1) is 0 Å². The van der Waals surface area contributed by atoms with Crippen LogP contribution in [0.25, 0.3) is 11.1 Å². The van der Waals surface area contributed by atoms with Crippen LogP contribution in [0, 0.1) is 0 Å². The van der Waals surface area contributed by atoms with Gasteiger partial charge >= 0.3 is 0 Å². The monoisotopic (exact) mass is 512 g/mol. The van der Waals surface area contributed by atoms with Gasteiger partial charge in [0, 0.05) is 11.3 Å². The van der Waals surface area contributed by atoms with E-state index in [0.29, 0.717) is 0 Å². The highest BCUT2D eigenvalue weighted by Crippen LogP contribution is 2.42. The van der Waals surface area contributed by atoms with Crippen LogP contribution < -0.4 is 4.90 Å². The molecule has 0 saturated heterocycles. The van der Waals surface area contributed by atoms with Crippen molar-refractivity contribution in [1.82, 2.24) is 4.98 Å². The molecule has 0 aliphatic carbocycles. The van der Waals surface area contributed by atoms with Crippen LogP contribution in [0.15, 0.2) is 95.6 Å². The number of nitrogens with zero attached hydrogens (tertiary/aromatic N) is 2. The largest absolute Gasteiger partial charge is 0.294 e. The Kier molecular flexibility index (Phi) is 6.69. The normalized spacial score (nSPS) is 12.0. The number of pyridine rings is 1. The minimum Gasteiger partial charge on any atom is -0.294 e. The zero-order chi connectivity index (χ0) is 24.5. The second kappa shape index (κ2) is 9.38. The van der Waals surface area contributed by atoms with Gasteiger partial charge in [0.05, 0.1) is 5.69 Å². The molecule has 0 aliphatic heterocycles. The third-order valence-electron chi connectivity index (χ3n) is 6.11. The molecule has 0 bridgehead atoms. The van der Waals surface area contributed by atoms with E-state index in [-0.39, 0.29) is 10.8 Å². The summed E-state index contributed by atoms with van der Waals surface area (Å²) in [6.07, 6.45) is 0. The molecule has 0 radical (unpaired) electrons. The second-order valence-corrected chi connectivity index (χ2v) is 11.6. The summed E-state index contributed by atoms with van der Waals surface area (Å²) >= 11 is 3.58. The Labute approximate surface area is 212 Å². The molecule has 3 aromatic carbocycles. The summed E-state index contributed by atoms with van der Waals surface area (Å²) < 4.78 is 0.814. The SMILES string of the molecule is CC(C)(C)c1ccc(N(c2cccc(Br)n2)c2ccc(C(C)(C)C)cc2-c2ccccc2)cc1. The number of hydrogen-bond acceptors (Lipinski definition) is 2. The molecular formula is C31H33BrN2. The van der Waals surface area contributed by atoms with Gasteiger partial charge in [0.1, 0.15) is 10.4 Å². The van der Waals surface area contributed by atoms with Crippen LogP contribution in [0.5, 0.6) is 0 Å². The number of halogens is 1. The van der Waals surface area contributed by atoms with E-state index in [1.165, 1.54) is 22.3 Å². The minimum atomic E-state index is 0.0509. The zero-order valence-electron chi connectivity index (χ0n) is 20.9. The van der Waals surface area contributed by atoms with E-state index in [0.717, 1.165) is 21.8 Å². The summed E-state index contributed by atoms with van der Waals surface area (Å²) in [6, 6.07) is 32.4. The molecule has 1 aromatic heterocycles. The van der Waals surface area contributed by atoms with Gasteiger partial charge in [0.15, 0.2) is 0 Å². The van der Waals surface area contributed by atoms with E-state index in [4.69, 9.17) is 4.98 Å². The van der Waals surface area contributed by atoms with Crippen LogP contribution in [0.2, 0.25) is 0 Å². The molecular weight excluding hydrogens is 480 g/mol. The molecule has 1 heterocycles. The summed E-state index contributed by atoms with van der Waals surface area (Å²) in [5.41, 5.74) is 7.33.